The van der Waals surface area contributed by atoms with Crippen molar-refractivity contribution >= 4 is 51.0 Å². The smallest absolute Gasteiger partial charge is 0.346 e. The fourth-order valence-corrected chi connectivity index (χ4v) is 5.38. The summed E-state index contributed by atoms with van der Waals surface area (Å²) in [6, 6.07) is 46.2. The van der Waals surface area contributed by atoms with Crippen molar-refractivity contribution in [3.05, 3.63) is 145 Å². The number of fused-ring (bicyclic) bond motifs is 3. The quantitative estimate of drug-likeness (QED) is 0.151. The molecule has 7 rings (SSSR count). The number of aliphatic carboxylic acids is 1. The summed E-state index contributed by atoms with van der Waals surface area (Å²) in [7, 11) is 0. The second-order valence-corrected chi connectivity index (χ2v) is 10.3. The third-order valence-corrected chi connectivity index (χ3v) is 7.51. The van der Waals surface area contributed by atoms with Crippen molar-refractivity contribution in [3.8, 4) is 28.5 Å². The zero-order chi connectivity index (χ0) is 30.0. The number of rotatable bonds is 7. The highest BCUT2D eigenvalue weighted by atomic mass is 16.4. The fourth-order valence-electron chi connectivity index (χ4n) is 5.38. The second-order valence-electron chi connectivity index (χ2n) is 10.3. The van der Waals surface area contributed by atoms with Gasteiger partial charge in [-0.25, -0.2) is 4.79 Å². The van der Waals surface area contributed by atoms with Gasteiger partial charge < -0.3 is 18.8 Å². The minimum atomic E-state index is -1.30. The van der Waals surface area contributed by atoms with Crippen LogP contribution in [0.15, 0.2) is 148 Å². The van der Waals surface area contributed by atoms with Crippen LogP contribution in [0, 0.1) is 11.3 Å². The van der Waals surface area contributed by atoms with Crippen LogP contribution < -0.4 is 4.90 Å². The Morgan fingerprint density at radius 1 is 0.636 bits per heavy atom. The monoisotopic (exact) mass is 572 g/mol. The van der Waals surface area contributed by atoms with Gasteiger partial charge in [0.05, 0.1) is 0 Å². The van der Waals surface area contributed by atoms with Crippen molar-refractivity contribution in [2.24, 2.45) is 0 Å². The summed E-state index contributed by atoms with van der Waals surface area (Å²) in [5.74, 6) is -0.449. The first-order chi connectivity index (χ1) is 21.6. The molecule has 6 nitrogen and oxygen atoms in total. The molecule has 0 radical (unpaired) electrons. The number of nitriles is 1. The lowest BCUT2D eigenvalue weighted by atomic mass is 10.0. The van der Waals surface area contributed by atoms with Crippen LogP contribution in [0.2, 0.25) is 0 Å². The lowest BCUT2D eigenvalue weighted by Crippen LogP contribution is -2.09. The summed E-state index contributed by atoms with van der Waals surface area (Å²) in [6.07, 6.45) is 1.22. The Labute approximate surface area is 252 Å². The van der Waals surface area contributed by atoms with Gasteiger partial charge in [-0.2, -0.15) is 5.26 Å². The standard InChI is InChI=1S/C38H24N2O4/c39-24-28(38(41)42)21-32-17-20-35(43-32)27-14-19-37-34(23-27)33-22-26(13-18-36(33)44-37)25-11-15-31(16-12-25)40(29-7-3-1-4-8-29)30-9-5-2-6-10-30/h1-23H,(H,41,42)/b28-21-. The van der Waals surface area contributed by atoms with Gasteiger partial charge in [0, 0.05) is 39.5 Å². The third-order valence-electron chi connectivity index (χ3n) is 7.51. The van der Waals surface area contributed by atoms with Gasteiger partial charge in [0.1, 0.15) is 34.3 Å². The molecule has 210 valence electrons. The van der Waals surface area contributed by atoms with Crippen LogP contribution in [-0.2, 0) is 4.79 Å². The molecular formula is C38H24N2O4. The molecule has 2 heterocycles. The van der Waals surface area contributed by atoms with Gasteiger partial charge in [-0.05, 0) is 90.0 Å². The van der Waals surface area contributed by atoms with E-state index in [0.717, 1.165) is 55.7 Å². The average Bonchev–Trinajstić information content (AvgIpc) is 3.69. The van der Waals surface area contributed by atoms with E-state index in [9.17, 15) is 4.79 Å². The van der Waals surface area contributed by atoms with E-state index < -0.39 is 11.5 Å². The van der Waals surface area contributed by atoms with Crippen LogP contribution in [-0.4, -0.2) is 11.1 Å². The van der Waals surface area contributed by atoms with Gasteiger partial charge in [-0.1, -0.05) is 54.6 Å². The number of furan rings is 2. The summed E-state index contributed by atoms with van der Waals surface area (Å²) >= 11 is 0. The van der Waals surface area contributed by atoms with Crippen LogP contribution in [0.4, 0.5) is 17.1 Å². The summed E-state index contributed by atoms with van der Waals surface area (Å²) in [5.41, 5.74) is 7.32. The topological polar surface area (TPSA) is 90.6 Å². The number of carbonyl (C=O) groups is 1. The second kappa shape index (κ2) is 11.2. The van der Waals surface area contributed by atoms with Crippen molar-refractivity contribution in [2.75, 3.05) is 4.90 Å². The molecule has 1 N–H and O–H groups in total. The van der Waals surface area contributed by atoms with Crippen LogP contribution in [0.5, 0.6) is 0 Å². The van der Waals surface area contributed by atoms with Gasteiger partial charge in [0.15, 0.2) is 0 Å². The molecular weight excluding hydrogens is 548 g/mol. The van der Waals surface area contributed by atoms with E-state index in [2.05, 4.69) is 65.6 Å². The maximum absolute atomic E-state index is 11.2. The number of hydrogen-bond acceptors (Lipinski definition) is 5. The number of benzene rings is 5. The molecule has 0 aliphatic carbocycles. The predicted octanol–water partition coefficient (Wildman–Crippen LogP) is 9.97. The SMILES string of the molecule is N#C/C(=C/c1ccc(-c2ccc3oc4ccc(-c5ccc(N(c6ccccc6)c6ccccc6)cc5)cc4c3c2)o1)C(=O)O. The predicted molar refractivity (Wildman–Crippen MR) is 173 cm³/mol. The molecule has 0 aliphatic rings. The molecule has 0 spiro atoms. The maximum atomic E-state index is 11.2. The van der Waals surface area contributed by atoms with Crippen LogP contribution >= 0.6 is 0 Å². The molecule has 7 aromatic rings. The van der Waals surface area contributed by atoms with Gasteiger partial charge >= 0.3 is 5.97 Å². The number of hydrogen-bond donors (Lipinski definition) is 1. The summed E-state index contributed by atoms with van der Waals surface area (Å²) in [4.78, 5) is 13.4. The van der Waals surface area contributed by atoms with Crippen molar-refractivity contribution in [3.63, 3.8) is 0 Å². The van der Waals surface area contributed by atoms with E-state index in [0.29, 0.717) is 11.5 Å². The van der Waals surface area contributed by atoms with Gasteiger partial charge in [0.25, 0.3) is 0 Å². The summed E-state index contributed by atoms with van der Waals surface area (Å²) < 4.78 is 12.0. The molecule has 44 heavy (non-hydrogen) atoms. The lowest BCUT2D eigenvalue weighted by molar-refractivity contribution is -0.132. The zero-order valence-corrected chi connectivity index (χ0v) is 23.3. The van der Waals surface area contributed by atoms with Gasteiger partial charge in [-0.15, -0.1) is 0 Å². The first-order valence-corrected chi connectivity index (χ1v) is 14.0. The first kappa shape index (κ1) is 26.6. The summed E-state index contributed by atoms with van der Waals surface area (Å²) in [5, 5.41) is 20.1. The van der Waals surface area contributed by atoms with E-state index in [-0.39, 0.29) is 0 Å². The fraction of sp³-hybridized carbons (Fsp3) is 0. The minimum absolute atomic E-state index is 0.292. The Balaban J connectivity index is 1.23. The number of anilines is 3. The molecule has 0 aliphatic heterocycles. The van der Waals surface area contributed by atoms with Crippen molar-refractivity contribution < 1.29 is 18.7 Å². The molecule has 2 aromatic heterocycles. The van der Waals surface area contributed by atoms with E-state index in [1.165, 1.54) is 6.08 Å². The molecule has 0 saturated carbocycles. The van der Waals surface area contributed by atoms with Gasteiger partial charge in [0.2, 0.25) is 0 Å². The molecule has 0 bridgehead atoms. The molecule has 5 aromatic carbocycles. The average molecular weight is 573 g/mol. The van der Waals surface area contributed by atoms with Crippen LogP contribution in [0.1, 0.15) is 5.76 Å². The van der Waals surface area contributed by atoms with Crippen LogP contribution in [0.25, 0.3) is 50.5 Å². The van der Waals surface area contributed by atoms with Crippen molar-refractivity contribution in [1.82, 2.24) is 0 Å². The number of para-hydroxylation sites is 2. The van der Waals surface area contributed by atoms with Crippen LogP contribution in [0.3, 0.4) is 0 Å². The lowest BCUT2D eigenvalue weighted by Gasteiger charge is -2.25. The van der Waals surface area contributed by atoms with E-state index in [4.69, 9.17) is 19.2 Å². The highest BCUT2D eigenvalue weighted by molar-refractivity contribution is 6.07. The van der Waals surface area contributed by atoms with Crippen molar-refractivity contribution in [1.29, 1.82) is 5.26 Å². The third kappa shape index (κ3) is 5.00. The Kier molecular flexibility index (Phi) is 6.74. The number of nitrogens with zero attached hydrogens (tertiary/aromatic N) is 2. The number of carboxylic acid groups (broad SMARTS) is 1. The Bertz CT molecular complexity index is 2160. The minimum Gasteiger partial charge on any atom is -0.477 e. The Morgan fingerprint density at radius 2 is 1.18 bits per heavy atom. The highest BCUT2D eigenvalue weighted by Gasteiger charge is 2.15. The molecule has 0 fully saturated rings. The molecule has 0 atom stereocenters. The zero-order valence-electron chi connectivity index (χ0n) is 23.3. The molecule has 0 saturated heterocycles. The van der Waals surface area contributed by atoms with Gasteiger partial charge in [-0.3, -0.25) is 0 Å². The normalized spacial score (nSPS) is 11.5. The Hall–Kier alpha value is -6.32. The molecule has 6 heteroatoms. The molecule has 0 amide bonds. The summed E-state index contributed by atoms with van der Waals surface area (Å²) in [6.45, 7) is 0. The van der Waals surface area contributed by atoms with Crippen molar-refractivity contribution in [2.45, 2.75) is 0 Å². The first-order valence-electron chi connectivity index (χ1n) is 14.0. The molecule has 0 unspecified atom stereocenters. The maximum Gasteiger partial charge on any atom is 0.346 e. The van der Waals surface area contributed by atoms with E-state index in [1.807, 2.05) is 60.7 Å². The Morgan fingerprint density at radius 3 is 1.77 bits per heavy atom. The van der Waals surface area contributed by atoms with E-state index in [1.54, 1.807) is 18.2 Å². The number of carboxylic acids is 1. The van der Waals surface area contributed by atoms with E-state index >= 15 is 0 Å². The largest absolute Gasteiger partial charge is 0.477 e. The highest BCUT2D eigenvalue weighted by Crippen LogP contribution is 2.38.